The zero-order valence-corrected chi connectivity index (χ0v) is 30.2. The smallest absolute Gasteiger partial charge is 0.289 e. The number of nitrogens with zero attached hydrogens (tertiary/aromatic N) is 2. The Morgan fingerprint density at radius 1 is 0.860 bits per heavy atom. The maximum absolute atomic E-state index is 14.8. The van der Waals surface area contributed by atoms with Gasteiger partial charge in [0, 0.05) is 30.0 Å². The fourth-order valence-corrected chi connectivity index (χ4v) is 8.10. The molecule has 1 aliphatic heterocycles. The van der Waals surface area contributed by atoms with Crippen LogP contribution >= 0.6 is 0 Å². The molecule has 0 aromatic carbocycles. The monoisotopic (exact) mass is 692 g/mol. The molecule has 1 saturated heterocycles. The van der Waals surface area contributed by atoms with E-state index in [0.29, 0.717) is 24.8 Å². The summed E-state index contributed by atoms with van der Waals surface area (Å²) in [5.41, 5.74) is -0.329. The molecule has 1 unspecified atom stereocenters. The first-order valence-electron chi connectivity index (χ1n) is 18.9. The number of rotatable bonds is 13. The van der Waals surface area contributed by atoms with Gasteiger partial charge in [0.1, 0.15) is 18.1 Å². The zero-order valence-electron chi connectivity index (χ0n) is 30.2. The van der Waals surface area contributed by atoms with Crippen molar-refractivity contribution in [2.45, 2.75) is 154 Å². The van der Waals surface area contributed by atoms with E-state index in [1.807, 2.05) is 27.7 Å². The Morgan fingerprint density at radius 2 is 1.52 bits per heavy atom. The standard InChI is InChI=1S/C38H56N6O6/c1-5-11-27(31(45)36(49)40-26-16-17-26)41-34(47)29-22-25-14-9-10-15-28(25)44(29)37(50)32(38(2,3)4)43-35(48)30(23-12-7-6-8-13-23)42-33(46)24-18-20-39-21-19-24/h18-21,23,25-30,32H,5-17,22H2,1-4H3,(H,40,49)(H,41,47)(H,42,46)(H,43,48)/t25-,27-,28-,29-,30?,32+/m0/s1. The highest BCUT2D eigenvalue weighted by atomic mass is 16.2. The summed E-state index contributed by atoms with van der Waals surface area (Å²) in [6.45, 7) is 7.55. The van der Waals surface area contributed by atoms with Crippen molar-refractivity contribution < 1.29 is 28.8 Å². The quantitative estimate of drug-likeness (QED) is 0.229. The van der Waals surface area contributed by atoms with Gasteiger partial charge in [0.25, 0.3) is 11.8 Å². The largest absolute Gasteiger partial charge is 0.347 e. The Morgan fingerprint density at radius 3 is 2.16 bits per heavy atom. The van der Waals surface area contributed by atoms with Crippen molar-refractivity contribution in [3.8, 4) is 0 Å². The summed E-state index contributed by atoms with van der Waals surface area (Å²) in [6.07, 6.45) is 14.2. The third-order valence-electron chi connectivity index (χ3n) is 11.0. The number of hydrogen-bond acceptors (Lipinski definition) is 7. The first kappa shape index (κ1) is 37.4. The van der Waals surface area contributed by atoms with Crippen LogP contribution in [0.25, 0.3) is 0 Å². The van der Waals surface area contributed by atoms with Gasteiger partial charge in [-0.2, -0.15) is 0 Å². The summed E-state index contributed by atoms with van der Waals surface area (Å²) in [5, 5.41) is 11.6. The van der Waals surface area contributed by atoms with Crippen LogP contribution in [0.3, 0.4) is 0 Å². The first-order valence-corrected chi connectivity index (χ1v) is 18.9. The number of ketones is 1. The summed E-state index contributed by atoms with van der Waals surface area (Å²) < 4.78 is 0. The minimum Gasteiger partial charge on any atom is -0.347 e. The molecule has 6 atom stereocenters. The lowest BCUT2D eigenvalue weighted by Crippen LogP contribution is -2.63. The highest BCUT2D eigenvalue weighted by Gasteiger charge is 2.51. The Kier molecular flexibility index (Phi) is 12.3. The molecule has 50 heavy (non-hydrogen) atoms. The first-order chi connectivity index (χ1) is 23.9. The number of hydrogen-bond donors (Lipinski definition) is 4. The van der Waals surface area contributed by atoms with Crippen molar-refractivity contribution in [1.82, 2.24) is 31.2 Å². The van der Waals surface area contributed by atoms with Crippen molar-refractivity contribution >= 4 is 35.3 Å². The van der Waals surface area contributed by atoms with E-state index in [-0.39, 0.29) is 35.7 Å². The molecule has 4 fully saturated rings. The molecule has 1 aromatic heterocycles. The summed E-state index contributed by atoms with van der Waals surface area (Å²) >= 11 is 0. The molecular formula is C38H56N6O6. The number of carbonyl (C=O) groups excluding carboxylic acids is 6. The number of pyridine rings is 1. The summed E-state index contributed by atoms with van der Waals surface area (Å²) in [5.74, 6) is -2.88. The third-order valence-corrected chi connectivity index (χ3v) is 11.0. The second kappa shape index (κ2) is 16.5. The summed E-state index contributed by atoms with van der Waals surface area (Å²) in [6, 6.07) is -0.590. The van der Waals surface area contributed by atoms with Crippen LogP contribution in [0.5, 0.6) is 0 Å². The molecule has 5 amide bonds. The third kappa shape index (κ3) is 9.09. The van der Waals surface area contributed by atoms with Gasteiger partial charge in [-0.25, -0.2) is 0 Å². The van der Waals surface area contributed by atoms with Crippen LogP contribution in [0.4, 0.5) is 0 Å². The number of Topliss-reactive ketones (excluding diaryl/α,β-unsaturated/α-hetero) is 1. The Balaban J connectivity index is 1.38. The van der Waals surface area contributed by atoms with Crippen LogP contribution in [-0.4, -0.2) is 81.5 Å². The van der Waals surface area contributed by atoms with Crippen LogP contribution in [0, 0.1) is 17.3 Å². The van der Waals surface area contributed by atoms with E-state index < -0.39 is 53.1 Å². The number of nitrogens with one attached hydrogen (secondary N) is 4. The second-order valence-electron chi connectivity index (χ2n) is 16.0. The van der Waals surface area contributed by atoms with Crippen LogP contribution in [-0.2, 0) is 24.0 Å². The van der Waals surface area contributed by atoms with Crippen LogP contribution < -0.4 is 21.3 Å². The van der Waals surface area contributed by atoms with E-state index in [2.05, 4.69) is 26.3 Å². The molecule has 0 radical (unpaired) electrons. The SMILES string of the molecule is CCC[C@H](NC(=O)[C@@H]1C[C@@H]2CCCC[C@@H]2N1C(=O)[C@@H](NC(=O)C(NC(=O)c1ccncc1)C1CCCCC1)C(C)(C)C)C(=O)C(=O)NC1CC1. The second-order valence-corrected chi connectivity index (χ2v) is 16.0. The zero-order chi connectivity index (χ0) is 36.0. The summed E-state index contributed by atoms with van der Waals surface area (Å²) in [4.78, 5) is 87.9. The Labute approximate surface area is 296 Å². The summed E-state index contributed by atoms with van der Waals surface area (Å²) in [7, 11) is 0. The number of likely N-dealkylation sites (tertiary alicyclic amines) is 1. The number of amides is 5. The molecule has 1 aromatic rings. The van der Waals surface area contributed by atoms with E-state index >= 15 is 0 Å². The van der Waals surface area contributed by atoms with Gasteiger partial charge in [-0.1, -0.05) is 66.2 Å². The van der Waals surface area contributed by atoms with Crippen molar-refractivity contribution in [3.63, 3.8) is 0 Å². The fraction of sp³-hybridized carbons (Fsp3) is 0.711. The molecule has 274 valence electrons. The lowest BCUT2D eigenvalue weighted by Gasteiger charge is -2.40. The van der Waals surface area contributed by atoms with E-state index in [1.165, 1.54) is 12.4 Å². The van der Waals surface area contributed by atoms with E-state index in [1.54, 1.807) is 17.0 Å². The van der Waals surface area contributed by atoms with Gasteiger partial charge >= 0.3 is 0 Å². The number of fused-ring (bicyclic) bond motifs is 1. The van der Waals surface area contributed by atoms with Gasteiger partial charge in [-0.15, -0.1) is 0 Å². The average Bonchev–Trinajstić information content (AvgIpc) is 3.84. The topological polar surface area (TPSA) is 167 Å². The average molecular weight is 693 g/mol. The van der Waals surface area contributed by atoms with Gasteiger partial charge in [0.2, 0.25) is 23.5 Å². The van der Waals surface area contributed by atoms with Gasteiger partial charge < -0.3 is 26.2 Å². The van der Waals surface area contributed by atoms with Gasteiger partial charge in [0.15, 0.2) is 0 Å². The molecule has 4 N–H and O–H groups in total. The normalized spacial score (nSPS) is 24.2. The molecule has 0 spiro atoms. The van der Waals surface area contributed by atoms with Crippen LogP contribution in [0.2, 0.25) is 0 Å². The van der Waals surface area contributed by atoms with Crippen molar-refractivity contribution in [1.29, 1.82) is 0 Å². The molecule has 2 heterocycles. The maximum Gasteiger partial charge on any atom is 0.289 e. The molecule has 0 bridgehead atoms. The highest BCUT2D eigenvalue weighted by molar-refractivity contribution is 6.38. The van der Waals surface area contributed by atoms with E-state index in [9.17, 15) is 28.8 Å². The number of aromatic nitrogens is 1. The minimum atomic E-state index is -0.982. The molecule has 12 heteroatoms. The molecule has 12 nitrogen and oxygen atoms in total. The van der Waals surface area contributed by atoms with Crippen molar-refractivity contribution in [3.05, 3.63) is 30.1 Å². The van der Waals surface area contributed by atoms with Gasteiger partial charge in [-0.3, -0.25) is 33.8 Å². The molecule has 3 saturated carbocycles. The maximum atomic E-state index is 14.8. The lowest BCUT2D eigenvalue weighted by molar-refractivity contribution is -0.147. The Bertz CT molecular complexity index is 1400. The molecular weight excluding hydrogens is 636 g/mol. The lowest BCUT2D eigenvalue weighted by atomic mass is 9.81. The van der Waals surface area contributed by atoms with E-state index in [0.717, 1.165) is 70.6 Å². The van der Waals surface area contributed by atoms with Crippen molar-refractivity contribution in [2.24, 2.45) is 17.3 Å². The van der Waals surface area contributed by atoms with Gasteiger partial charge in [0.05, 0.1) is 6.04 Å². The Hall–Kier alpha value is -3.83. The minimum absolute atomic E-state index is 0.0155. The predicted octanol–water partition coefficient (Wildman–Crippen LogP) is 3.58. The molecule has 3 aliphatic carbocycles. The van der Waals surface area contributed by atoms with Crippen molar-refractivity contribution in [2.75, 3.05) is 0 Å². The van der Waals surface area contributed by atoms with E-state index in [4.69, 9.17) is 0 Å². The van der Waals surface area contributed by atoms with Gasteiger partial charge in [-0.05, 0) is 80.8 Å². The number of carbonyl (C=O) groups is 6. The highest BCUT2D eigenvalue weighted by Crippen LogP contribution is 2.41. The molecule has 4 aliphatic rings. The molecule has 5 rings (SSSR count). The van der Waals surface area contributed by atoms with Crippen LogP contribution in [0.15, 0.2) is 24.5 Å². The predicted molar refractivity (Wildman–Crippen MR) is 187 cm³/mol. The van der Waals surface area contributed by atoms with Crippen LogP contribution in [0.1, 0.15) is 128 Å². The fourth-order valence-electron chi connectivity index (χ4n) is 8.10.